The first kappa shape index (κ1) is 12.1. The highest BCUT2D eigenvalue weighted by molar-refractivity contribution is 14.1. The van der Waals surface area contributed by atoms with Crippen molar-refractivity contribution in [2.24, 2.45) is 0 Å². The van der Waals surface area contributed by atoms with Crippen LogP contribution in [0, 0.1) is 3.70 Å². The maximum Gasteiger partial charge on any atom is 0.307 e. The Morgan fingerprint density at radius 1 is 1.67 bits per heavy atom. The third kappa shape index (κ3) is 2.74. The number of nitrogen functional groups attached to an aromatic ring is 1. The minimum Gasteiger partial charge on any atom is -0.481 e. The number of anilines is 1. The molecule has 1 heterocycles. The lowest BCUT2D eigenvalue weighted by molar-refractivity contribution is -0.136. The first-order chi connectivity index (χ1) is 6.93. The van der Waals surface area contributed by atoms with Gasteiger partial charge in [0, 0.05) is 17.4 Å². The molecule has 0 radical (unpaired) electrons. The molecule has 0 atom stereocenters. The minimum atomic E-state index is -2.75. The Morgan fingerprint density at radius 3 is 2.73 bits per heavy atom. The number of halogens is 3. The van der Waals surface area contributed by atoms with Gasteiger partial charge in [-0.05, 0) is 22.6 Å². The highest BCUT2D eigenvalue weighted by Gasteiger charge is 2.20. The molecule has 3 N–H and O–H groups in total. The Labute approximate surface area is 97.6 Å². The largest absolute Gasteiger partial charge is 0.481 e. The number of nitrogens with two attached hydrogens (primary N) is 1. The molecule has 0 aromatic carbocycles. The Kier molecular flexibility index (Phi) is 3.77. The summed E-state index contributed by atoms with van der Waals surface area (Å²) in [5.41, 5.74) is 4.97. The van der Waals surface area contributed by atoms with Gasteiger partial charge in [-0.15, -0.1) is 0 Å². The van der Waals surface area contributed by atoms with Crippen LogP contribution in [0.2, 0.25) is 0 Å². The molecule has 0 aliphatic heterocycles. The Hall–Kier alpha value is -0.990. The van der Waals surface area contributed by atoms with Gasteiger partial charge in [0.05, 0.1) is 12.0 Å². The van der Waals surface area contributed by atoms with E-state index >= 15 is 0 Å². The van der Waals surface area contributed by atoms with Gasteiger partial charge in [-0.2, -0.15) is 0 Å². The lowest BCUT2D eigenvalue weighted by atomic mass is 10.1. The van der Waals surface area contributed by atoms with Gasteiger partial charge >= 0.3 is 5.97 Å². The second-order valence-electron chi connectivity index (χ2n) is 2.77. The van der Waals surface area contributed by atoms with E-state index in [-0.39, 0.29) is 15.0 Å². The molecule has 4 nitrogen and oxygen atoms in total. The fraction of sp³-hybridized carbons (Fsp3) is 0.250. The highest BCUT2D eigenvalue weighted by atomic mass is 127. The Bertz CT molecular complexity index is 398. The monoisotopic (exact) mass is 328 g/mol. The van der Waals surface area contributed by atoms with E-state index in [1.807, 2.05) is 0 Å². The van der Waals surface area contributed by atoms with Gasteiger partial charge < -0.3 is 10.8 Å². The van der Waals surface area contributed by atoms with E-state index in [2.05, 4.69) is 4.98 Å². The summed E-state index contributed by atoms with van der Waals surface area (Å²) in [6.45, 7) is 0. The average Bonchev–Trinajstić information content (AvgIpc) is 2.09. The standard InChI is InChI=1S/C8H7F2IN2O2/c9-7(10)5-6(12)3(1-4(14)15)2-13-8(5)11/h2,7H,1H2,(H2,12,13)(H,14,15). The number of alkyl halides is 2. The summed E-state index contributed by atoms with van der Waals surface area (Å²) in [6, 6.07) is 0. The maximum atomic E-state index is 12.5. The normalized spacial score (nSPS) is 10.7. The molecule has 0 fully saturated rings. The third-order valence-corrected chi connectivity index (χ3v) is 2.61. The molecule has 1 aromatic heterocycles. The molecule has 0 aliphatic rings. The summed E-state index contributed by atoms with van der Waals surface area (Å²) in [6.07, 6.45) is -1.95. The molecular weight excluding hydrogens is 321 g/mol. The van der Waals surface area contributed by atoms with E-state index in [1.54, 1.807) is 22.6 Å². The van der Waals surface area contributed by atoms with Crippen molar-refractivity contribution < 1.29 is 18.7 Å². The zero-order chi connectivity index (χ0) is 11.6. The van der Waals surface area contributed by atoms with Crippen molar-refractivity contribution in [3.8, 4) is 0 Å². The molecule has 0 unspecified atom stereocenters. The van der Waals surface area contributed by atoms with E-state index < -0.39 is 24.4 Å². The number of nitrogens with zero attached hydrogens (tertiary/aromatic N) is 1. The number of aromatic nitrogens is 1. The van der Waals surface area contributed by atoms with Gasteiger partial charge in [0.1, 0.15) is 3.70 Å². The molecule has 7 heteroatoms. The number of carboxylic acids is 1. The van der Waals surface area contributed by atoms with E-state index in [0.717, 1.165) is 0 Å². The zero-order valence-corrected chi connectivity index (χ0v) is 9.53. The van der Waals surface area contributed by atoms with Gasteiger partial charge in [-0.3, -0.25) is 4.79 Å². The van der Waals surface area contributed by atoms with Crippen molar-refractivity contribution in [2.75, 3.05) is 5.73 Å². The number of pyridine rings is 1. The van der Waals surface area contributed by atoms with Crippen LogP contribution in [-0.2, 0) is 11.2 Å². The quantitative estimate of drug-likeness (QED) is 0.656. The lowest BCUT2D eigenvalue weighted by Gasteiger charge is -2.10. The van der Waals surface area contributed by atoms with Gasteiger partial charge in [-0.25, -0.2) is 13.8 Å². The summed E-state index contributed by atoms with van der Waals surface area (Å²) in [5, 5.41) is 8.52. The van der Waals surface area contributed by atoms with E-state index in [9.17, 15) is 13.6 Å². The number of hydrogen-bond donors (Lipinski definition) is 2. The molecular formula is C8H7F2IN2O2. The van der Waals surface area contributed by atoms with E-state index in [4.69, 9.17) is 10.8 Å². The number of aliphatic carboxylic acids is 1. The first-order valence-corrected chi connectivity index (χ1v) is 4.94. The second kappa shape index (κ2) is 4.69. The number of carbonyl (C=O) groups is 1. The molecule has 15 heavy (non-hydrogen) atoms. The molecule has 0 saturated carbocycles. The second-order valence-corrected chi connectivity index (χ2v) is 3.79. The van der Waals surface area contributed by atoms with Gasteiger partial charge in [0.15, 0.2) is 0 Å². The molecule has 0 spiro atoms. The zero-order valence-electron chi connectivity index (χ0n) is 7.38. The molecule has 1 aromatic rings. The van der Waals surface area contributed by atoms with Crippen LogP contribution in [0.5, 0.6) is 0 Å². The SMILES string of the molecule is Nc1c(CC(=O)O)cnc(I)c1C(F)F. The fourth-order valence-electron chi connectivity index (χ4n) is 1.07. The highest BCUT2D eigenvalue weighted by Crippen LogP contribution is 2.30. The maximum absolute atomic E-state index is 12.5. The summed E-state index contributed by atoms with van der Waals surface area (Å²) in [7, 11) is 0. The summed E-state index contributed by atoms with van der Waals surface area (Å²) >= 11 is 1.63. The van der Waals surface area contributed by atoms with Gasteiger partial charge in [0.2, 0.25) is 0 Å². The van der Waals surface area contributed by atoms with Crippen LogP contribution < -0.4 is 5.73 Å². The van der Waals surface area contributed by atoms with Crippen LogP contribution in [0.4, 0.5) is 14.5 Å². The third-order valence-electron chi connectivity index (χ3n) is 1.75. The van der Waals surface area contributed by atoms with Crippen molar-refractivity contribution in [1.29, 1.82) is 0 Å². The molecule has 1 rings (SSSR count). The predicted molar refractivity (Wildman–Crippen MR) is 57.7 cm³/mol. The molecule has 0 aliphatic carbocycles. The number of carboxylic acid groups (broad SMARTS) is 1. The molecule has 0 saturated heterocycles. The van der Waals surface area contributed by atoms with Crippen LogP contribution >= 0.6 is 22.6 Å². The van der Waals surface area contributed by atoms with E-state index in [1.165, 1.54) is 6.20 Å². The minimum absolute atomic E-state index is 0.0919. The summed E-state index contributed by atoms with van der Waals surface area (Å²) < 4.78 is 25.2. The van der Waals surface area contributed by atoms with Crippen LogP contribution in [0.1, 0.15) is 17.6 Å². The molecule has 82 valence electrons. The van der Waals surface area contributed by atoms with Crippen molar-refractivity contribution in [1.82, 2.24) is 4.98 Å². The number of rotatable bonds is 3. The summed E-state index contributed by atoms with van der Waals surface area (Å²) in [4.78, 5) is 14.1. The average molecular weight is 328 g/mol. The molecule has 0 amide bonds. The van der Waals surface area contributed by atoms with Crippen LogP contribution in [-0.4, -0.2) is 16.1 Å². The number of hydrogen-bond acceptors (Lipinski definition) is 3. The summed E-state index contributed by atoms with van der Waals surface area (Å²) in [5.74, 6) is -1.13. The Morgan fingerprint density at radius 2 is 2.27 bits per heavy atom. The molecule has 0 bridgehead atoms. The Balaban J connectivity index is 3.22. The smallest absolute Gasteiger partial charge is 0.307 e. The van der Waals surface area contributed by atoms with Crippen molar-refractivity contribution in [2.45, 2.75) is 12.8 Å². The predicted octanol–water partition coefficient (Wildman–Crippen LogP) is 1.83. The fourth-order valence-corrected chi connectivity index (χ4v) is 1.73. The van der Waals surface area contributed by atoms with Crippen molar-refractivity contribution in [3.05, 3.63) is 21.0 Å². The lowest BCUT2D eigenvalue weighted by Crippen LogP contribution is -2.09. The van der Waals surface area contributed by atoms with Crippen molar-refractivity contribution in [3.63, 3.8) is 0 Å². The van der Waals surface area contributed by atoms with Gasteiger partial charge in [0.25, 0.3) is 6.43 Å². The van der Waals surface area contributed by atoms with Gasteiger partial charge in [-0.1, -0.05) is 0 Å². The van der Waals surface area contributed by atoms with Crippen LogP contribution in [0.25, 0.3) is 0 Å². The topological polar surface area (TPSA) is 76.2 Å². The van der Waals surface area contributed by atoms with Crippen molar-refractivity contribution >= 4 is 34.2 Å². The van der Waals surface area contributed by atoms with Crippen LogP contribution in [0.3, 0.4) is 0 Å². The van der Waals surface area contributed by atoms with E-state index in [0.29, 0.717) is 0 Å². The van der Waals surface area contributed by atoms with Crippen LogP contribution in [0.15, 0.2) is 6.20 Å². The first-order valence-electron chi connectivity index (χ1n) is 3.86.